The Morgan fingerprint density at radius 3 is 3.00 bits per heavy atom. The number of benzene rings is 1. The Labute approximate surface area is 118 Å². The van der Waals surface area contributed by atoms with Crippen molar-refractivity contribution in [1.82, 2.24) is 10.6 Å². The molecule has 0 aliphatic carbocycles. The van der Waals surface area contributed by atoms with E-state index in [0.29, 0.717) is 0 Å². The molecule has 0 saturated carbocycles. The minimum absolute atomic E-state index is 0.0432. The Bertz CT molecular complexity index is 479. The SMILES string of the molecule is COc1cc(C(C)NC2CCCCNC2=O)ccc1F. The standard InChI is InChI=1S/C15H21FN2O2/c1-10(11-6-7-12(16)14(9-11)20-2)18-13-5-3-4-8-17-15(13)19/h6-7,9-10,13,18H,3-5,8H2,1-2H3,(H,17,19). The third-order valence-electron chi connectivity index (χ3n) is 3.66. The summed E-state index contributed by atoms with van der Waals surface area (Å²) in [7, 11) is 1.44. The van der Waals surface area contributed by atoms with Crippen molar-refractivity contribution in [3.63, 3.8) is 0 Å². The molecule has 1 aliphatic heterocycles. The minimum atomic E-state index is -0.379. The van der Waals surface area contributed by atoms with Gasteiger partial charge in [-0.25, -0.2) is 4.39 Å². The van der Waals surface area contributed by atoms with Gasteiger partial charge in [0.25, 0.3) is 0 Å². The zero-order valence-electron chi connectivity index (χ0n) is 11.9. The van der Waals surface area contributed by atoms with Gasteiger partial charge in [0.15, 0.2) is 11.6 Å². The molecule has 2 rings (SSSR count). The number of hydrogen-bond acceptors (Lipinski definition) is 3. The number of halogens is 1. The Balaban J connectivity index is 2.07. The van der Waals surface area contributed by atoms with Gasteiger partial charge in [-0.2, -0.15) is 0 Å². The molecule has 1 amide bonds. The number of methoxy groups -OCH3 is 1. The van der Waals surface area contributed by atoms with Crippen LogP contribution in [-0.2, 0) is 4.79 Å². The molecule has 0 aromatic heterocycles. The summed E-state index contributed by atoms with van der Waals surface area (Å²) >= 11 is 0. The molecule has 110 valence electrons. The summed E-state index contributed by atoms with van der Waals surface area (Å²) in [4.78, 5) is 11.9. The molecule has 0 radical (unpaired) electrons. The van der Waals surface area contributed by atoms with Crippen molar-refractivity contribution in [1.29, 1.82) is 0 Å². The number of carbonyl (C=O) groups excluding carboxylic acids is 1. The van der Waals surface area contributed by atoms with E-state index in [9.17, 15) is 9.18 Å². The molecule has 2 unspecified atom stereocenters. The predicted molar refractivity (Wildman–Crippen MR) is 75.2 cm³/mol. The molecule has 1 aromatic carbocycles. The summed E-state index contributed by atoms with van der Waals surface area (Å²) in [5, 5.41) is 6.20. The van der Waals surface area contributed by atoms with E-state index in [1.807, 2.05) is 6.92 Å². The minimum Gasteiger partial charge on any atom is -0.494 e. The summed E-state index contributed by atoms with van der Waals surface area (Å²) in [6.45, 7) is 2.71. The van der Waals surface area contributed by atoms with E-state index in [2.05, 4.69) is 10.6 Å². The highest BCUT2D eigenvalue weighted by molar-refractivity contribution is 5.81. The quantitative estimate of drug-likeness (QED) is 0.888. The van der Waals surface area contributed by atoms with E-state index in [0.717, 1.165) is 31.4 Å². The molecule has 2 atom stereocenters. The van der Waals surface area contributed by atoms with Crippen molar-refractivity contribution in [2.24, 2.45) is 0 Å². The van der Waals surface area contributed by atoms with Gasteiger partial charge >= 0.3 is 0 Å². The second-order valence-electron chi connectivity index (χ2n) is 5.12. The number of carbonyl (C=O) groups is 1. The van der Waals surface area contributed by atoms with Crippen LogP contribution < -0.4 is 15.4 Å². The summed E-state index contributed by atoms with van der Waals surface area (Å²) in [5.74, 6) is -0.111. The van der Waals surface area contributed by atoms with Crippen molar-refractivity contribution in [2.45, 2.75) is 38.3 Å². The van der Waals surface area contributed by atoms with Crippen LogP contribution in [0.1, 0.15) is 37.8 Å². The van der Waals surface area contributed by atoms with Gasteiger partial charge in [-0.3, -0.25) is 10.1 Å². The fraction of sp³-hybridized carbons (Fsp3) is 0.533. The van der Waals surface area contributed by atoms with E-state index in [4.69, 9.17) is 4.74 Å². The number of hydrogen-bond donors (Lipinski definition) is 2. The molecule has 5 heteroatoms. The monoisotopic (exact) mass is 280 g/mol. The van der Waals surface area contributed by atoms with Crippen LogP contribution >= 0.6 is 0 Å². The molecule has 1 fully saturated rings. The average molecular weight is 280 g/mol. The zero-order valence-corrected chi connectivity index (χ0v) is 11.9. The summed E-state index contributed by atoms with van der Waals surface area (Å²) in [5.41, 5.74) is 0.903. The Kier molecular flexibility index (Phi) is 4.95. The molecule has 20 heavy (non-hydrogen) atoms. The normalized spacial score (nSPS) is 20.9. The number of amides is 1. The maximum atomic E-state index is 13.4. The lowest BCUT2D eigenvalue weighted by Gasteiger charge is -2.21. The third kappa shape index (κ3) is 3.48. The first kappa shape index (κ1) is 14.8. The van der Waals surface area contributed by atoms with Crippen molar-refractivity contribution >= 4 is 5.91 Å². The second-order valence-corrected chi connectivity index (χ2v) is 5.12. The molecule has 1 saturated heterocycles. The highest BCUT2D eigenvalue weighted by atomic mass is 19.1. The average Bonchev–Trinajstić information content (AvgIpc) is 2.64. The van der Waals surface area contributed by atoms with Crippen LogP contribution in [0, 0.1) is 5.82 Å². The fourth-order valence-electron chi connectivity index (χ4n) is 2.44. The third-order valence-corrected chi connectivity index (χ3v) is 3.66. The van der Waals surface area contributed by atoms with Crippen LogP contribution in [0.5, 0.6) is 5.75 Å². The second kappa shape index (κ2) is 6.70. The predicted octanol–water partition coefficient (Wildman–Crippen LogP) is 2.15. The van der Waals surface area contributed by atoms with Gasteiger partial charge in [-0.05, 0) is 43.9 Å². The van der Waals surface area contributed by atoms with Crippen LogP contribution in [0.15, 0.2) is 18.2 Å². The topological polar surface area (TPSA) is 50.4 Å². The van der Waals surface area contributed by atoms with Crippen molar-refractivity contribution in [3.8, 4) is 5.75 Å². The van der Waals surface area contributed by atoms with Gasteiger partial charge in [0.2, 0.25) is 5.91 Å². The molecule has 0 spiro atoms. The van der Waals surface area contributed by atoms with Crippen LogP contribution in [0.2, 0.25) is 0 Å². The van der Waals surface area contributed by atoms with Gasteiger partial charge in [-0.15, -0.1) is 0 Å². The Hall–Kier alpha value is -1.62. The first-order chi connectivity index (χ1) is 9.61. The largest absolute Gasteiger partial charge is 0.494 e. The molecule has 4 nitrogen and oxygen atoms in total. The summed E-state index contributed by atoms with van der Waals surface area (Å²) in [6, 6.07) is 4.53. The highest BCUT2D eigenvalue weighted by Crippen LogP contribution is 2.23. The van der Waals surface area contributed by atoms with E-state index < -0.39 is 0 Å². The molecular formula is C15H21FN2O2. The molecular weight excluding hydrogens is 259 g/mol. The lowest BCUT2D eigenvalue weighted by molar-refractivity contribution is -0.123. The van der Waals surface area contributed by atoms with Crippen LogP contribution in [0.3, 0.4) is 0 Å². The van der Waals surface area contributed by atoms with E-state index in [-0.39, 0.29) is 29.6 Å². The maximum absolute atomic E-state index is 13.4. The molecule has 0 bridgehead atoms. The van der Waals surface area contributed by atoms with Crippen LogP contribution in [-0.4, -0.2) is 25.6 Å². The summed E-state index contributed by atoms with van der Waals surface area (Å²) < 4.78 is 18.4. The number of ether oxygens (including phenoxy) is 1. The smallest absolute Gasteiger partial charge is 0.237 e. The van der Waals surface area contributed by atoms with Crippen molar-refractivity contribution in [3.05, 3.63) is 29.6 Å². The van der Waals surface area contributed by atoms with Crippen LogP contribution in [0.4, 0.5) is 4.39 Å². The van der Waals surface area contributed by atoms with Gasteiger partial charge in [0.05, 0.1) is 13.2 Å². The highest BCUT2D eigenvalue weighted by Gasteiger charge is 2.22. The number of nitrogens with one attached hydrogen (secondary N) is 2. The van der Waals surface area contributed by atoms with Gasteiger partial charge in [0, 0.05) is 12.6 Å². The van der Waals surface area contributed by atoms with E-state index >= 15 is 0 Å². The first-order valence-electron chi connectivity index (χ1n) is 6.99. The van der Waals surface area contributed by atoms with E-state index in [1.54, 1.807) is 12.1 Å². The lowest BCUT2D eigenvalue weighted by atomic mass is 10.0. The number of rotatable bonds is 4. The van der Waals surface area contributed by atoms with E-state index in [1.165, 1.54) is 13.2 Å². The fourth-order valence-corrected chi connectivity index (χ4v) is 2.44. The molecule has 2 N–H and O–H groups in total. The Morgan fingerprint density at radius 1 is 1.45 bits per heavy atom. The molecule has 1 aromatic rings. The first-order valence-corrected chi connectivity index (χ1v) is 6.99. The Morgan fingerprint density at radius 2 is 2.25 bits per heavy atom. The van der Waals surface area contributed by atoms with Gasteiger partial charge in [0.1, 0.15) is 0 Å². The zero-order chi connectivity index (χ0) is 14.5. The molecule has 1 heterocycles. The van der Waals surface area contributed by atoms with Crippen LogP contribution in [0.25, 0.3) is 0 Å². The van der Waals surface area contributed by atoms with Crippen molar-refractivity contribution in [2.75, 3.05) is 13.7 Å². The van der Waals surface area contributed by atoms with Gasteiger partial charge < -0.3 is 10.1 Å². The summed E-state index contributed by atoms with van der Waals surface area (Å²) in [6.07, 6.45) is 2.87. The molecule has 1 aliphatic rings. The van der Waals surface area contributed by atoms with Crippen molar-refractivity contribution < 1.29 is 13.9 Å². The lowest BCUT2D eigenvalue weighted by Crippen LogP contribution is -2.43. The maximum Gasteiger partial charge on any atom is 0.237 e. The van der Waals surface area contributed by atoms with Gasteiger partial charge in [-0.1, -0.05) is 6.07 Å².